The lowest BCUT2D eigenvalue weighted by Crippen LogP contribution is -2.34. The van der Waals surface area contributed by atoms with Gasteiger partial charge in [-0.05, 0) is 18.6 Å². The monoisotopic (exact) mass is 335 g/mol. The van der Waals surface area contributed by atoms with Gasteiger partial charge in [-0.2, -0.15) is 0 Å². The number of carboxylic acids is 2. The Hall–Kier alpha value is -2.77. The molecule has 8 heteroatoms. The van der Waals surface area contributed by atoms with E-state index < -0.39 is 28.7 Å². The molecule has 0 unspecified atom stereocenters. The van der Waals surface area contributed by atoms with E-state index in [1.807, 2.05) is 0 Å². The van der Waals surface area contributed by atoms with Gasteiger partial charge in [-0.15, -0.1) is 0 Å². The van der Waals surface area contributed by atoms with Gasteiger partial charge in [-0.25, -0.2) is 0 Å². The van der Waals surface area contributed by atoms with Crippen LogP contribution in [0, 0.1) is 10.8 Å². The van der Waals surface area contributed by atoms with Gasteiger partial charge in [-0.3, -0.25) is 14.4 Å². The van der Waals surface area contributed by atoms with Crippen molar-refractivity contribution in [3.05, 3.63) is 23.8 Å². The lowest BCUT2D eigenvalue weighted by Gasteiger charge is -2.20. The summed E-state index contributed by atoms with van der Waals surface area (Å²) in [4.78, 5) is 37.1. The van der Waals surface area contributed by atoms with E-state index in [-0.39, 0.29) is 25.1 Å². The summed E-state index contributed by atoms with van der Waals surface area (Å²) in [6, 6.07) is 4.63. The molecule has 1 heterocycles. The van der Waals surface area contributed by atoms with E-state index in [9.17, 15) is 24.6 Å². The van der Waals surface area contributed by atoms with Crippen molar-refractivity contribution in [2.24, 2.45) is 10.8 Å². The number of amides is 1. The molecule has 0 radical (unpaired) electrons. The first kappa shape index (κ1) is 16.1. The predicted molar refractivity (Wildman–Crippen MR) is 80.2 cm³/mol. The van der Waals surface area contributed by atoms with Gasteiger partial charge >= 0.3 is 11.9 Å². The van der Waals surface area contributed by atoms with Crippen molar-refractivity contribution in [1.29, 1.82) is 0 Å². The number of fused-ring (bicyclic) bond motifs is 1. The Balaban J connectivity index is 1.90. The lowest BCUT2D eigenvalue weighted by atomic mass is 9.97. The van der Waals surface area contributed by atoms with Gasteiger partial charge in [0.15, 0.2) is 0 Å². The topological polar surface area (TPSA) is 113 Å². The van der Waals surface area contributed by atoms with Gasteiger partial charge in [0.2, 0.25) is 0 Å². The van der Waals surface area contributed by atoms with Crippen LogP contribution in [0.15, 0.2) is 18.2 Å². The Labute approximate surface area is 137 Å². The Morgan fingerprint density at radius 3 is 1.79 bits per heavy atom. The van der Waals surface area contributed by atoms with E-state index >= 15 is 0 Å². The molecular weight excluding hydrogens is 318 g/mol. The molecule has 0 aromatic heterocycles. The number of piperidine rings is 1. The van der Waals surface area contributed by atoms with Crippen molar-refractivity contribution in [1.82, 2.24) is 4.90 Å². The minimum absolute atomic E-state index is 0.0515. The van der Waals surface area contributed by atoms with E-state index in [1.54, 1.807) is 6.07 Å². The maximum Gasteiger partial charge on any atom is 0.312 e. The number of carbonyl (C=O) groups is 3. The van der Waals surface area contributed by atoms with Crippen molar-refractivity contribution >= 4 is 17.8 Å². The van der Waals surface area contributed by atoms with Gasteiger partial charge in [0.25, 0.3) is 5.91 Å². The summed E-state index contributed by atoms with van der Waals surface area (Å²) in [5.41, 5.74) is -2.52. The van der Waals surface area contributed by atoms with E-state index in [2.05, 4.69) is 0 Å². The maximum atomic E-state index is 12.7. The second-order valence-electron chi connectivity index (χ2n) is 6.21. The zero-order valence-electron chi connectivity index (χ0n) is 13.2. The molecule has 2 N–H and O–H groups in total. The average Bonchev–Trinajstić information content (AvgIpc) is 3.12. The number of nitrogens with zero attached hydrogens (tertiary/aromatic N) is 1. The zero-order valence-corrected chi connectivity index (χ0v) is 13.2. The number of hydrogen-bond donors (Lipinski definition) is 2. The Bertz CT molecular complexity index is 696. The molecule has 0 bridgehead atoms. The molecule has 1 aliphatic carbocycles. The fraction of sp³-hybridized carbons (Fsp3) is 0.438. The van der Waals surface area contributed by atoms with Crippen LogP contribution in [0.5, 0.6) is 11.5 Å². The molecule has 3 rings (SSSR count). The second kappa shape index (κ2) is 5.12. The Morgan fingerprint density at radius 2 is 1.42 bits per heavy atom. The number of benzene rings is 1. The van der Waals surface area contributed by atoms with Crippen LogP contribution in [0.3, 0.4) is 0 Å². The van der Waals surface area contributed by atoms with Crippen molar-refractivity contribution < 1.29 is 34.1 Å². The third-order valence-corrected chi connectivity index (χ3v) is 5.02. The average molecular weight is 335 g/mol. The summed E-state index contributed by atoms with van der Waals surface area (Å²) in [6.07, 6.45) is 0.0515. The summed E-state index contributed by atoms with van der Waals surface area (Å²) in [5.74, 6) is -1.96. The molecular formula is C16H17NO7. The standard InChI is InChI=1S/C16H17NO7/c1-23-10-3-9(4-11(5-10)24-2)12(18)17-7-15(13(19)20)6-16(15,8-17)14(21)22/h3-5H,6-8H2,1-2H3,(H,19,20)(H,21,22)/t15-,16+. The van der Waals surface area contributed by atoms with E-state index in [0.29, 0.717) is 11.5 Å². The molecule has 1 aromatic rings. The number of carboxylic acid groups (broad SMARTS) is 2. The van der Waals surface area contributed by atoms with Crippen LogP contribution < -0.4 is 9.47 Å². The smallest absolute Gasteiger partial charge is 0.312 e. The van der Waals surface area contributed by atoms with Gasteiger partial charge in [0, 0.05) is 24.7 Å². The first-order chi connectivity index (χ1) is 11.3. The van der Waals surface area contributed by atoms with Crippen LogP contribution in [-0.4, -0.2) is 60.3 Å². The highest BCUT2D eigenvalue weighted by atomic mass is 16.5. The van der Waals surface area contributed by atoms with Crippen LogP contribution in [0.1, 0.15) is 16.8 Å². The van der Waals surface area contributed by atoms with Crippen LogP contribution >= 0.6 is 0 Å². The number of likely N-dealkylation sites (tertiary alicyclic amines) is 1. The molecule has 128 valence electrons. The molecule has 24 heavy (non-hydrogen) atoms. The second-order valence-corrected chi connectivity index (χ2v) is 6.21. The van der Waals surface area contributed by atoms with Crippen LogP contribution in [-0.2, 0) is 9.59 Å². The molecule has 0 spiro atoms. The molecule has 1 aromatic carbocycles. The minimum Gasteiger partial charge on any atom is -0.497 e. The number of carbonyl (C=O) groups excluding carboxylic acids is 1. The summed E-state index contributed by atoms with van der Waals surface area (Å²) in [6.45, 7) is -0.236. The largest absolute Gasteiger partial charge is 0.497 e. The normalized spacial score (nSPS) is 27.3. The van der Waals surface area contributed by atoms with Crippen LogP contribution in [0.4, 0.5) is 0 Å². The number of aliphatic carboxylic acids is 2. The van der Waals surface area contributed by atoms with Crippen LogP contribution in [0.25, 0.3) is 0 Å². The predicted octanol–water partition coefficient (Wildman–Crippen LogP) is 0.705. The van der Waals surface area contributed by atoms with E-state index in [4.69, 9.17) is 9.47 Å². The Kier molecular flexibility index (Phi) is 3.43. The molecule has 1 amide bonds. The van der Waals surface area contributed by atoms with Crippen LogP contribution in [0.2, 0.25) is 0 Å². The first-order valence-corrected chi connectivity index (χ1v) is 7.29. The molecule has 8 nitrogen and oxygen atoms in total. The van der Waals surface area contributed by atoms with E-state index in [0.717, 1.165) is 0 Å². The van der Waals surface area contributed by atoms with Crippen molar-refractivity contribution in [2.75, 3.05) is 27.3 Å². The molecule has 1 aliphatic heterocycles. The SMILES string of the molecule is COc1cc(OC)cc(C(=O)N2C[C@@]3(C(=O)O)C[C@@]3(C(=O)O)C2)c1. The van der Waals surface area contributed by atoms with Gasteiger partial charge < -0.3 is 24.6 Å². The van der Waals surface area contributed by atoms with Gasteiger partial charge in [-0.1, -0.05) is 0 Å². The summed E-state index contributed by atoms with van der Waals surface area (Å²) >= 11 is 0. The highest BCUT2D eigenvalue weighted by molar-refractivity contribution is 6.00. The first-order valence-electron chi connectivity index (χ1n) is 7.29. The van der Waals surface area contributed by atoms with Gasteiger partial charge in [0.1, 0.15) is 22.3 Å². The number of ether oxygens (including phenoxy) is 2. The molecule has 2 fully saturated rings. The fourth-order valence-corrected chi connectivity index (χ4v) is 3.55. The van der Waals surface area contributed by atoms with Gasteiger partial charge in [0.05, 0.1) is 14.2 Å². The maximum absolute atomic E-state index is 12.7. The third kappa shape index (κ3) is 2.02. The molecule has 1 saturated carbocycles. The summed E-state index contributed by atoms with van der Waals surface area (Å²) < 4.78 is 10.2. The molecule has 2 atom stereocenters. The summed E-state index contributed by atoms with van der Waals surface area (Å²) in [5, 5.41) is 18.8. The quantitative estimate of drug-likeness (QED) is 0.814. The minimum atomic E-state index is -1.39. The lowest BCUT2D eigenvalue weighted by molar-refractivity contribution is -0.151. The third-order valence-electron chi connectivity index (χ3n) is 5.02. The zero-order chi connectivity index (χ0) is 17.7. The Morgan fingerprint density at radius 1 is 0.958 bits per heavy atom. The van der Waals surface area contributed by atoms with E-state index in [1.165, 1.54) is 31.3 Å². The number of rotatable bonds is 5. The van der Waals surface area contributed by atoms with Crippen molar-refractivity contribution in [2.45, 2.75) is 6.42 Å². The highest BCUT2D eigenvalue weighted by Crippen LogP contribution is 2.68. The molecule has 2 aliphatic rings. The number of methoxy groups -OCH3 is 2. The highest BCUT2D eigenvalue weighted by Gasteiger charge is 2.81. The molecule has 1 saturated heterocycles. The van der Waals surface area contributed by atoms with Crippen molar-refractivity contribution in [3.63, 3.8) is 0 Å². The van der Waals surface area contributed by atoms with Crippen molar-refractivity contribution in [3.8, 4) is 11.5 Å². The summed E-state index contributed by atoms with van der Waals surface area (Å²) in [7, 11) is 2.90. The fourth-order valence-electron chi connectivity index (χ4n) is 3.55. The number of hydrogen-bond acceptors (Lipinski definition) is 5.